The van der Waals surface area contributed by atoms with Crippen LogP contribution in [0.15, 0.2) is 24.5 Å². The molecule has 0 bridgehead atoms. The van der Waals surface area contributed by atoms with Crippen LogP contribution in [-0.4, -0.2) is 16.9 Å². The van der Waals surface area contributed by atoms with Crippen LogP contribution in [0.2, 0.25) is 0 Å². The maximum absolute atomic E-state index is 11.9. The molecule has 4 nitrogen and oxygen atoms in total. The molecule has 0 aliphatic carbocycles. The lowest BCUT2D eigenvalue weighted by Gasteiger charge is -2.21. The molecule has 0 spiro atoms. The first kappa shape index (κ1) is 20.5. The van der Waals surface area contributed by atoms with Crippen molar-refractivity contribution in [2.24, 2.45) is 11.7 Å². The summed E-state index contributed by atoms with van der Waals surface area (Å²) in [5.74, 6) is -0.172. The van der Waals surface area contributed by atoms with Gasteiger partial charge in [0.05, 0.1) is 6.04 Å². The Balaban J connectivity index is 0. The molecule has 0 aliphatic heterocycles. The summed E-state index contributed by atoms with van der Waals surface area (Å²) in [6.07, 6.45) is 4.32. The normalized spacial score (nSPS) is 14.3. The Morgan fingerprint density at radius 3 is 2.26 bits per heavy atom. The predicted molar refractivity (Wildman–Crippen MR) is 82.7 cm³/mol. The molecule has 3 unspecified atom stereocenters. The van der Waals surface area contributed by atoms with Crippen molar-refractivity contribution in [3.05, 3.63) is 30.1 Å². The molecule has 1 aromatic heterocycles. The molecule has 0 aliphatic rings. The highest BCUT2D eigenvalue weighted by atomic mass is 35.5. The third-order valence-electron chi connectivity index (χ3n) is 3.04. The van der Waals surface area contributed by atoms with Crippen LogP contribution in [0.5, 0.6) is 0 Å². The lowest BCUT2D eigenvalue weighted by Crippen LogP contribution is -2.40. The fraction of sp³-hybridized carbons (Fsp3) is 0.538. The van der Waals surface area contributed by atoms with Crippen molar-refractivity contribution in [1.29, 1.82) is 0 Å². The number of halogens is 2. The van der Waals surface area contributed by atoms with E-state index in [0.29, 0.717) is 0 Å². The van der Waals surface area contributed by atoms with Crippen molar-refractivity contribution in [3.8, 4) is 0 Å². The van der Waals surface area contributed by atoms with Crippen LogP contribution in [0.25, 0.3) is 0 Å². The highest BCUT2D eigenvalue weighted by Crippen LogP contribution is 2.16. The monoisotopic (exact) mass is 307 g/mol. The molecule has 110 valence electrons. The maximum Gasteiger partial charge on any atom is 0.224 e. The van der Waals surface area contributed by atoms with Crippen molar-refractivity contribution >= 4 is 30.7 Å². The predicted octanol–water partition coefficient (Wildman–Crippen LogP) is 2.48. The van der Waals surface area contributed by atoms with Gasteiger partial charge in [-0.15, -0.1) is 24.8 Å². The molecule has 3 atom stereocenters. The van der Waals surface area contributed by atoms with E-state index in [2.05, 4.69) is 10.3 Å². The van der Waals surface area contributed by atoms with Gasteiger partial charge in [-0.2, -0.15) is 0 Å². The van der Waals surface area contributed by atoms with E-state index < -0.39 is 0 Å². The number of carbonyl (C=O) groups excluding carboxylic acids is 1. The largest absolute Gasteiger partial charge is 0.349 e. The van der Waals surface area contributed by atoms with E-state index in [4.69, 9.17) is 5.73 Å². The van der Waals surface area contributed by atoms with Crippen LogP contribution in [-0.2, 0) is 4.79 Å². The van der Waals surface area contributed by atoms with Crippen molar-refractivity contribution in [2.45, 2.75) is 39.3 Å². The average molecular weight is 308 g/mol. The highest BCUT2D eigenvalue weighted by Gasteiger charge is 2.20. The molecule has 19 heavy (non-hydrogen) atoms. The second kappa shape index (κ2) is 10.0. The minimum atomic E-state index is -0.175. The zero-order valence-corrected chi connectivity index (χ0v) is 13.1. The third kappa shape index (κ3) is 6.23. The summed E-state index contributed by atoms with van der Waals surface area (Å²) >= 11 is 0. The number of nitrogens with zero attached hydrogens (tertiary/aromatic N) is 1. The van der Waals surface area contributed by atoms with Crippen LogP contribution >= 0.6 is 24.8 Å². The van der Waals surface area contributed by atoms with Crippen molar-refractivity contribution in [1.82, 2.24) is 10.3 Å². The number of hydrogen-bond acceptors (Lipinski definition) is 3. The second-order valence-electron chi connectivity index (χ2n) is 4.40. The molecule has 0 fully saturated rings. The average Bonchev–Trinajstić information content (AvgIpc) is 2.35. The summed E-state index contributed by atoms with van der Waals surface area (Å²) in [7, 11) is 0. The maximum atomic E-state index is 11.9. The zero-order chi connectivity index (χ0) is 12.8. The van der Waals surface area contributed by atoms with Gasteiger partial charge in [0.2, 0.25) is 5.91 Å². The number of rotatable bonds is 5. The fourth-order valence-electron chi connectivity index (χ4n) is 1.56. The molecular weight excluding hydrogens is 285 g/mol. The van der Waals surface area contributed by atoms with Crippen molar-refractivity contribution in [2.75, 3.05) is 0 Å². The van der Waals surface area contributed by atoms with Gasteiger partial charge in [-0.25, -0.2) is 0 Å². The minimum Gasteiger partial charge on any atom is -0.349 e. The van der Waals surface area contributed by atoms with E-state index >= 15 is 0 Å². The van der Waals surface area contributed by atoms with Crippen molar-refractivity contribution in [3.63, 3.8) is 0 Å². The van der Waals surface area contributed by atoms with E-state index in [9.17, 15) is 4.79 Å². The number of amides is 1. The van der Waals surface area contributed by atoms with E-state index in [1.54, 1.807) is 12.4 Å². The molecular formula is C13H23Cl2N3O. The number of hydrogen-bond donors (Lipinski definition) is 2. The Labute approximate surface area is 127 Å². The van der Waals surface area contributed by atoms with Crippen molar-refractivity contribution < 1.29 is 4.79 Å². The Hall–Kier alpha value is -0.840. The van der Waals surface area contributed by atoms with E-state index in [1.807, 2.05) is 32.9 Å². The lowest BCUT2D eigenvalue weighted by atomic mass is 10.0. The van der Waals surface area contributed by atoms with Gasteiger partial charge in [-0.1, -0.05) is 13.8 Å². The van der Waals surface area contributed by atoms with Gasteiger partial charge in [0, 0.05) is 24.4 Å². The molecule has 1 rings (SSSR count). The fourth-order valence-corrected chi connectivity index (χ4v) is 1.56. The van der Waals surface area contributed by atoms with Gasteiger partial charge in [0.1, 0.15) is 0 Å². The highest BCUT2D eigenvalue weighted by molar-refractivity contribution is 5.85. The molecule has 0 saturated carbocycles. The standard InChI is InChI=1S/C13H21N3O.2ClH/c1-4-12(11-5-7-15-8-6-11)16-13(17)9(2)10(3)14;;/h5-10,12H,4,14H2,1-3H3,(H,16,17);2*1H. The number of pyridine rings is 1. The number of nitrogens with two attached hydrogens (primary N) is 1. The lowest BCUT2D eigenvalue weighted by molar-refractivity contribution is -0.125. The SMILES string of the molecule is CCC(NC(=O)C(C)C(C)N)c1ccncc1.Cl.Cl. The second-order valence-corrected chi connectivity index (χ2v) is 4.40. The molecule has 0 saturated heterocycles. The van der Waals surface area contributed by atoms with E-state index in [0.717, 1.165) is 12.0 Å². The molecule has 1 amide bonds. The number of carbonyl (C=O) groups is 1. The van der Waals surface area contributed by atoms with Crippen LogP contribution in [0.1, 0.15) is 38.8 Å². The topological polar surface area (TPSA) is 68.0 Å². The van der Waals surface area contributed by atoms with Crippen LogP contribution in [0, 0.1) is 5.92 Å². The summed E-state index contributed by atoms with van der Waals surface area (Å²) in [6, 6.07) is 3.74. The van der Waals surface area contributed by atoms with E-state index in [-0.39, 0.29) is 48.7 Å². The Morgan fingerprint density at radius 2 is 1.84 bits per heavy atom. The van der Waals surface area contributed by atoms with Crippen LogP contribution in [0.4, 0.5) is 0 Å². The number of nitrogens with one attached hydrogen (secondary N) is 1. The Bertz CT molecular complexity index is 360. The molecule has 1 heterocycles. The first-order valence-corrected chi connectivity index (χ1v) is 6.02. The van der Waals surface area contributed by atoms with Gasteiger partial charge in [0.25, 0.3) is 0 Å². The molecule has 0 aromatic carbocycles. The molecule has 1 aromatic rings. The van der Waals surface area contributed by atoms with E-state index in [1.165, 1.54) is 0 Å². The van der Waals surface area contributed by atoms with Crippen LogP contribution < -0.4 is 11.1 Å². The Morgan fingerprint density at radius 1 is 1.32 bits per heavy atom. The summed E-state index contributed by atoms with van der Waals surface area (Å²) in [6.45, 7) is 5.73. The molecule has 0 radical (unpaired) electrons. The molecule has 3 N–H and O–H groups in total. The third-order valence-corrected chi connectivity index (χ3v) is 3.04. The summed E-state index contributed by atoms with van der Waals surface area (Å²) in [5.41, 5.74) is 6.80. The number of aromatic nitrogens is 1. The first-order chi connectivity index (χ1) is 8.06. The zero-order valence-electron chi connectivity index (χ0n) is 11.5. The smallest absolute Gasteiger partial charge is 0.224 e. The Kier molecular flexibility index (Phi) is 10.8. The van der Waals surface area contributed by atoms with Gasteiger partial charge in [0.15, 0.2) is 0 Å². The minimum absolute atomic E-state index is 0. The van der Waals surface area contributed by atoms with Gasteiger partial charge >= 0.3 is 0 Å². The molecule has 6 heteroatoms. The quantitative estimate of drug-likeness (QED) is 0.878. The summed E-state index contributed by atoms with van der Waals surface area (Å²) < 4.78 is 0. The summed E-state index contributed by atoms with van der Waals surface area (Å²) in [5, 5.41) is 3.02. The summed E-state index contributed by atoms with van der Waals surface area (Å²) in [4.78, 5) is 15.9. The van der Waals surface area contributed by atoms with Crippen LogP contribution in [0.3, 0.4) is 0 Å². The van der Waals surface area contributed by atoms with Gasteiger partial charge in [-0.05, 0) is 31.0 Å². The van der Waals surface area contributed by atoms with Gasteiger partial charge in [-0.3, -0.25) is 9.78 Å². The first-order valence-electron chi connectivity index (χ1n) is 6.02. The van der Waals surface area contributed by atoms with Gasteiger partial charge < -0.3 is 11.1 Å².